The van der Waals surface area contributed by atoms with Gasteiger partial charge in [-0.25, -0.2) is 4.98 Å². The van der Waals surface area contributed by atoms with Crippen LogP contribution in [0.4, 0.5) is 0 Å². The molecule has 28 heavy (non-hydrogen) atoms. The molecule has 9 heteroatoms. The molecule has 0 unspecified atom stereocenters. The van der Waals surface area contributed by atoms with Crippen molar-refractivity contribution in [3.05, 3.63) is 33.3 Å². The Balaban J connectivity index is 0.00000392. The second-order valence-corrected chi connectivity index (χ2v) is 7.13. The summed E-state index contributed by atoms with van der Waals surface area (Å²) in [6, 6.07) is 3.88. The molecule has 0 aliphatic carbocycles. The maximum absolute atomic E-state index is 5.53. The molecule has 2 N–H and O–H groups in total. The summed E-state index contributed by atoms with van der Waals surface area (Å²) in [4.78, 5) is 9.95. The smallest absolute Gasteiger partial charge is 0.203 e. The van der Waals surface area contributed by atoms with Crippen LogP contribution >= 0.6 is 35.3 Å². The monoisotopic (exact) mass is 520 g/mol. The van der Waals surface area contributed by atoms with Gasteiger partial charge in [-0.1, -0.05) is 6.07 Å². The predicted molar refractivity (Wildman–Crippen MR) is 125 cm³/mol. The van der Waals surface area contributed by atoms with E-state index in [0.717, 1.165) is 28.6 Å². The van der Waals surface area contributed by atoms with Gasteiger partial charge in [0.1, 0.15) is 0 Å². The number of halogens is 1. The van der Waals surface area contributed by atoms with E-state index < -0.39 is 0 Å². The van der Waals surface area contributed by atoms with Gasteiger partial charge >= 0.3 is 0 Å². The van der Waals surface area contributed by atoms with Gasteiger partial charge in [0.25, 0.3) is 0 Å². The van der Waals surface area contributed by atoms with Gasteiger partial charge in [-0.3, -0.25) is 4.99 Å². The fraction of sp³-hybridized carbons (Fsp3) is 0.474. The zero-order valence-corrected chi connectivity index (χ0v) is 20.4. The Kier molecular flexibility index (Phi) is 10.4. The molecule has 0 fully saturated rings. The highest BCUT2D eigenvalue weighted by molar-refractivity contribution is 14.0. The van der Waals surface area contributed by atoms with Crippen LogP contribution < -0.4 is 24.8 Å². The van der Waals surface area contributed by atoms with Crippen molar-refractivity contribution >= 4 is 41.3 Å². The molecule has 0 bridgehead atoms. The molecule has 0 aliphatic heterocycles. The highest BCUT2D eigenvalue weighted by Crippen LogP contribution is 2.39. The minimum atomic E-state index is 0. The molecule has 0 spiro atoms. The van der Waals surface area contributed by atoms with Gasteiger partial charge in [-0.15, -0.1) is 35.3 Å². The number of aliphatic imine (C=N–C) groups is 1. The summed E-state index contributed by atoms with van der Waals surface area (Å²) in [5.41, 5.74) is 2.10. The van der Waals surface area contributed by atoms with Crippen molar-refractivity contribution in [2.45, 2.75) is 26.8 Å². The van der Waals surface area contributed by atoms with E-state index in [2.05, 4.69) is 20.6 Å². The molecule has 1 aromatic carbocycles. The summed E-state index contributed by atoms with van der Waals surface area (Å²) in [5, 5.41) is 7.73. The molecular weight excluding hydrogens is 491 g/mol. The number of thiazole rings is 1. The fourth-order valence-electron chi connectivity index (χ4n) is 2.80. The van der Waals surface area contributed by atoms with E-state index in [4.69, 9.17) is 14.2 Å². The highest BCUT2D eigenvalue weighted by Gasteiger charge is 2.15. The van der Waals surface area contributed by atoms with Gasteiger partial charge in [0, 0.05) is 24.0 Å². The van der Waals surface area contributed by atoms with E-state index in [-0.39, 0.29) is 24.0 Å². The van der Waals surface area contributed by atoms with E-state index in [9.17, 15) is 0 Å². The number of hydrogen-bond acceptors (Lipinski definition) is 6. The molecule has 0 saturated heterocycles. The number of hydrogen-bond donors (Lipinski definition) is 2. The number of guanidine groups is 1. The first-order valence-electron chi connectivity index (χ1n) is 8.69. The third kappa shape index (κ3) is 6.13. The van der Waals surface area contributed by atoms with Gasteiger partial charge < -0.3 is 24.8 Å². The average Bonchev–Trinajstić information content (AvgIpc) is 3.00. The number of nitrogens with zero attached hydrogens (tertiary/aromatic N) is 2. The molecule has 2 aromatic rings. The summed E-state index contributed by atoms with van der Waals surface area (Å²) in [6.45, 7) is 5.45. The predicted octanol–water partition coefficient (Wildman–Crippen LogP) is 3.31. The second kappa shape index (κ2) is 11.9. The fourth-order valence-corrected chi connectivity index (χ4v) is 3.67. The van der Waals surface area contributed by atoms with Crippen LogP contribution in [0, 0.1) is 13.8 Å². The van der Waals surface area contributed by atoms with Crippen LogP contribution in [-0.4, -0.2) is 45.9 Å². The topological polar surface area (TPSA) is 77.0 Å². The maximum Gasteiger partial charge on any atom is 0.203 e. The first-order chi connectivity index (χ1) is 13.0. The molecule has 0 amide bonds. The molecule has 0 radical (unpaired) electrons. The number of aromatic nitrogens is 1. The standard InChI is InChI=1S/C19H28N4O3S.HI/c1-12-16(27-13(2)23-12)11-22-19(20-3)21-10-9-14-7-8-15(24-4)18(26-6)17(14)25-5;/h7-8H,9-11H2,1-6H3,(H2,20,21,22);1H. The van der Waals surface area contributed by atoms with E-state index in [1.54, 1.807) is 39.7 Å². The molecule has 0 saturated carbocycles. The summed E-state index contributed by atoms with van der Waals surface area (Å²) in [6.07, 6.45) is 0.753. The lowest BCUT2D eigenvalue weighted by Gasteiger charge is -2.16. The molecule has 2 rings (SSSR count). The van der Waals surface area contributed by atoms with Crippen LogP contribution in [0.25, 0.3) is 0 Å². The Morgan fingerprint density at radius 2 is 1.79 bits per heavy atom. The lowest BCUT2D eigenvalue weighted by Crippen LogP contribution is -2.37. The van der Waals surface area contributed by atoms with Crippen LogP contribution in [0.3, 0.4) is 0 Å². The van der Waals surface area contributed by atoms with Crippen molar-refractivity contribution in [3.63, 3.8) is 0 Å². The molecule has 7 nitrogen and oxygen atoms in total. The number of rotatable bonds is 8. The largest absolute Gasteiger partial charge is 0.493 e. The summed E-state index contributed by atoms with van der Waals surface area (Å²) < 4.78 is 16.3. The quantitative estimate of drug-likeness (QED) is 0.316. The first-order valence-corrected chi connectivity index (χ1v) is 9.50. The summed E-state index contributed by atoms with van der Waals surface area (Å²) in [5.74, 6) is 2.70. The van der Waals surface area contributed by atoms with E-state index in [1.165, 1.54) is 4.88 Å². The minimum Gasteiger partial charge on any atom is -0.493 e. The number of methoxy groups -OCH3 is 3. The van der Waals surface area contributed by atoms with Gasteiger partial charge in [0.2, 0.25) is 5.75 Å². The Morgan fingerprint density at radius 1 is 1.07 bits per heavy atom. The van der Waals surface area contributed by atoms with Crippen molar-refractivity contribution in [2.75, 3.05) is 34.9 Å². The number of ether oxygens (including phenoxy) is 3. The SMILES string of the molecule is CN=C(NCCc1ccc(OC)c(OC)c1OC)NCc1sc(C)nc1C.I. The van der Waals surface area contributed by atoms with E-state index in [0.29, 0.717) is 30.3 Å². The van der Waals surface area contributed by atoms with Crippen LogP contribution in [0.2, 0.25) is 0 Å². The van der Waals surface area contributed by atoms with Gasteiger partial charge in [0.05, 0.1) is 38.6 Å². The third-order valence-electron chi connectivity index (χ3n) is 4.11. The second-order valence-electron chi connectivity index (χ2n) is 5.84. The van der Waals surface area contributed by atoms with Crippen molar-refractivity contribution in [1.82, 2.24) is 15.6 Å². The molecule has 1 aromatic heterocycles. The molecule has 156 valence electrons. The molecule has 0 aliphatic rings. The van der Waals surface area contributed by atoms with Crippen molar-refractivity contribution in [2.24, 2.45) is 4.99 Å². The van der Waals surface area contributed by atoms with Crippen LogP contribution in [0.5, 0.6) is 17.2 Å². The van der Waals surface area contributed by atoms with Crippen molar-refractivity contribution < 1.29 is 14.2 Å². The van der Waals surface area contributed by atoms with Crippen LogP contribution in [0.1, 0.15) is 21.1 Å². The lowest BCUT2D eigenvalue weighted by atomic mass is 10.1. The number of nitrogens with one attached hydrogen (secondary N) is 2. The van der Waals surface area contributed by atoms with Gasteiger partial charge in [0.15, 0.2) is 17.5 Å². The van der Waals surface area contributed by atoms with Gasteiger partial charge in [-0.2, -0.15) is 0 Å². The van der Waals surface area contributed by atoms with Crippen molar-refractivity contribution in [1.29, 1.82) is 0 Å². The van der Waals surface area contributed by atoms with Crippen molar-refractivity contribution in [3.8, 4) is 17.2 Å². The zero-order chi connectivity index (χ0) is 19.8. The Hall–Kier alpha value is -1.75. The Bertz CT molecular complexity index is 796. The number of benzene rings is 1. The Labute approximate surface area is 187 Å². The maximum atomic E-state index is 5.53. The third-order valence-corrected chi connectivity index (χ3v) is 5.18. The van der Waals surface area contributed by atoms with Crippen LogP contribution in [-0.2, 0) is 13.0 Å². The zero-order valence-electron chi connectivity index (χ0n) is 17.2. The van der Waals surface area contributed by atoms with Crippen LogP contribution in [0.15, 0.2) is 17.1 Å². The lowest BCUT2D eigenvalue weighted by molar-refractivity contribution is 0.322. The summed E-state index contributed by atoms with van der Waals surface area (Å²) in [7, 11) is 6.61. The summed E-state index contributed by atoms with van der Waals surface area (Å²) >= 11 is 1.70. The molecule has 0 atom stereocenters. The normalized spacial score (nSPS) is 10.9. The highest BCUT2D eigenvalue weighted by atomic mass is 127. The minimum absolute atomic E-state index is 0. The molecule has 1 heterocycles. The number of aryl methyl sites for hydroxylation is 2. The molecular formula is C19H29IN4O3S. The Morgan fingerprint density at radius 3 is 2.32 bits per heavy atom. The first kappa shape index (κ1) is 24.3. The average molecular weight is 520 g/mol. The van der Waals surface area contributed by atoms with E-state index >= 15 is 0 Å². The van der Waals surface area contributed by atoms with Gasteiger partial charge in [-0.05, 0) is 26.3 Å². The van der Waals surface area contributed by atoms with E-state index in [1.807, 2.05) is 26.0 Å².